The zero-order valence-electron chi connectivity index (χ0n) is 12.9. The molecule has 2 heteroatoms. The maximum Gasteiger partial charge on any atom is 0.142 e. The van der Waals surface area contributed by atoms with Gasteiger partial charge in [0.15, 0.2) is 0 Å². The van der Waals surface area contributed by atoms with E-state index in [0.29, 0.717) is 6.04 Å². The van der Waals surface area contributed by atoms with E-state index in [-0.39, 0.29) is 0 Å². The molecule has 0 heterocycles. The molecular formula is C19H23NO. The number of benzene rings is 2. The zero-order valence-corrected chi connectivity index (χ0v) is 12.9. The molecule has 0 saturated heterocycles. The highest BCUT2D eigenvalue weighted by molar-refractivity contribution is 5.59. The lowest BCUT2D eigenvalue weighted by atomic mass is 10.1. The van der Waals surface area contributed by atoms with Gasteiger partial charge in [-0.1, -0.05) is 37.3 Å². The van der Waals surface area contributed by atoms with Crippen molar-refractivity contribution in [3.05, 3.63) is 59.2 Å². The molecule has 0 aliphatic heterocycles. The topological polar surface area (TPSA) is 21.3 Å². The van der Waals surface area contributed by atoms with Gasteiger partial charge in [0.2, 0.25) is 0 Å². The highest BCUT2D eigenvalue weighted by Gasteiger charge is 2.22. The Morgan fingerprint density at radius 1 is 1.19 bits per heavy atom. The Balaban J connectivity index is 1.82. The minimum Gasteiger partial charge on any atom is -0.491 e. The summed E-state index contributed by atoms with van der Waals surface area (Å²) < 4.78 is 5.90. The van der Waals surface area contributed by atoms with Crippen LogP contribution in [0.5, 0.6) is 5.75 Å². The Hall–Kier alpha value is -1.96. The largest absolute Gasteiger partial charge is 0.491 e. The standard InChI is InChI=1S/C19H23NO/c1-3-12-21-19-13-14(2)8-10-18(19)20-17-11-9-15-6-4-5-7-16(15)17/h4-8,10,13,17,20H,3,9,11-12H2,1-2H3. The van der Waals surface area contributed by atoms with Crippen molar-refractivity contribution in [2.75, 3.05) is 11.9 Å². The molecule has 2 aromatic rings. The van der Waals surface area contributed by atoms with Crippen LogP contribution in [-0.2, 0) is 6.42 Å². The Labute approximate surface area is 127 Å². The normalized spacial score (nSPS) is 16.6. The van der Waals surface area contributed by atoms with E-state index in [2.05, 4.69) is 61.6 Å². The molecule has 1 N–H and O–H groups in total. The molecule has 0 bridgehead atoms. The highest BCUT2D eigenvalue weighted by atomic mass is 16.5. The van der Waals surface area contributed by atoms with Gasteiger partial charge in [-0.2, -0.15) is 0 Å². The average molecular weight is 281 g/mol. The van der Waals surface area contributed by atoms with Gasteiger partial charge in [0.1, 0.15) is 5.75 Å². The van der Waals surface area contributed by atoms with Crippen molar-refractivity contribution >= 4 is 5.69 Å². The van der Waals surface area contributed by atoms with Crippen molar-refractivity contribution in [3.63, 3.8) is 0 Å². The molecule has 1 aliphatic carbocycles. The first-order valence-electron chi connectivity index (χ1n) is 7.85. The molecule has 0 amide bonds. The van der Waals surface area contributed by atoms with E-state index in [1.165, 1.54) is 16.7 Å². The van der Waals surface area contributed by atoms with Gasteiger partial charge in [-0.3, -0.25) is 0 Å². The summed E-state index contributed by atoms with van der Waals surface area (Å²) in [5.74, 6) is 0.973. The molecule has 110 valence electrons. The second-order valence-corrected chi connectivity index (χ2v) is 5.78. The molecule has 3 rings (SSSR count). The molecule has 1 atom stereocenters. The van der Waals surface area contributed by atoms with Gasteiger partial charge in [0, 0.05) is 0 Å². The summed E-state index contributed by atoms with van der Waals surface area (Å²) in [5.41, 5.74) is 5.24. The fourth-order valence-corrected chi connectivity index (χ4v) is 2.98. The van der Waals surface area contributed by atoms with Gasteiger partial charge in [-0.15, -0.1) is 0 Å². The molecule has 1 unspecified atom stereocenters. The highest BCUT2D eigenvalue weighted by Crippen LogP contribution is 2.36. The summed E-state index contributed by atoms with van der Waals surface area (Å²) in [7, 11) is 0. The van der Waals surface area contributed by atoms with E-state index >= 15 is 0 Å². The van der Waals surface area contributed by atoms with Crippen molar-refractivity contribution in [1.82, 2.24) is 0 Å². The molecule has 0 saturated carbocycles. The third-order valence-electron chi connectivity index (χ3n) is 4.06. The van der Waals surface area contributed by atoms with Crippen LogP contribution in [0.25, 0.3) is 0 Å². The average Bonchev–Trinajstić information content (AvgIpc) is 2.91. The number of hydrogen-bond donors (Lipinski definition) is 1. The lowest BCUT2D eigenvalue weighted by molar-refractivity contribution is 0.318. The predicted molar refractivity (Wildman–Crippen MR) is 88.1 cm³/mol. The van der Waals surface area contributed by atoms with Gasteiger partial charge in [0.05, 0.1) is 18.3 Å². The summed E-state index contributed by atoms with van der Waals surface area (Å²) >= 11 is 0. The lowest BCUT2D eigenvalue weighted by Gasteiger charge is -2.19. The number of fused-ring (bicyclic) bond motifs is 1. The third-order valence-corrected chi connectivity index (χ3v) is 4.06. The van der Waals surface area contributed by atoms with Crippen LogP contribution in [0.2, 0.25) is 0 Å². The number of ether oxygens (including phenoxy) is 1. The van der Waals surface area contributed by atoms with Crippen molar-refractivity contribution < 1.29 is 4.74 Å². The van der Waals surface area contributed by atoms with Crippen LogP contribution in [0.15, 0.2) is 42.5 Å². The van der Waals surface area contributed by atoms with Crippen LogP contribution < -0.4 is 10.1 Å². The van der Waals surface area contributed by atoms with Crippen molar-refractivity contribution in [2.45, 2.75) is 39.2 Å². The van der Waals surface area contributed by atoms with Crippen LogP contribution in [0.4, 0.5) is 5.69 Å². The van der Waals surface area contributed by atoms with Gasteiger partial charge in [0.25, 0.3) is 0 Å². The molecule has 21 heavy (non-hydrogen) atoms. The zero-order chi connectivity index (χ0) is 14.7. The van der Waals surface area contributed by atoms with Crippen molar-refractivity contribution in [3.8, 4) is 5.75 Å². The van der Waals surface area contributed by atoms with Crippen LogP contribution in [0, 0.1) is 6.92 Å². The van der Waals surface area contributed by atoms with Crippen LogP contribution in [0.3, 0.4) is 0 Å². The van der Waals surface area contributed by atoms with E-state index in [1.807, 2.05) is 0 Å². The smallest absolute Gasteiger partial charge is 0.142 e. The Morgan fingerprint density at radius 3 is 2.90 bits per heavy atom. The van der Waals surface area contributed by atoms with Crippen LogP contribution in [0.1, 0.15) is 42.5 Å². The fourth-order valence-electron chi connectivity index (χ4n) is 2.98. The molecule has 0 radical (unpaired) electrons. The summed E-state index contributed by atoms with van der Waals surface area (Å²) in [6.45, 7) is 5.00. The van der Waals surface area contributed by atoms with E-state index in [1.54, 1.807) is 0 Å². The minimum atomic E-state index is 0.396. The number of anilines is 1. The second kappa shape index (κ2) is 6.21. The third kappa shape index (κ3) is 3.05. The van der Waals surface area contributed by atoms with Gasteiger partial charge < -0.3 is 10.1 Å². The first-order valence-corrected chi connectivity index (χ1v) is 7.85. The monoisotopic (exact) mass is 281 g/mol. The maximum absolute atomic E-state index is 5.90. The first kappa shape index (κ1) is 14.0. The van der Waals surface area contributed by atoms with Crippen molar-refractivity contribution in [1.29, 1.82) is 0 Å². The quantitative estimate of drug-likeness (QED) is 0.843. The summed E-state index contributed by atoms with van der Waals surface area (Å²) in [4.78, 5) is 0. The van der Waals surface area contributed by atoms with Crippen LogP contribution in [-0.4, -0.2) is 6.61 Å². The van der Waals surface area contributed by atoms with E-state index in [4.69, 9.17) is 4.74 Å². The first-order chi connectivity index (χ1) is 10.3. The Morgan fingerprint density at radius 2 is 2.05 bits per heavy atom. The number of hydrogen-bond acceptors (Lipinski definition) is 2. The van der Waals surface area contributed by atoms with E-state index in [9.17, 15) is 0 Å². The lowest BCUT2D eigenvalue weighted by Crippen LogP contribution is -2.09. The SMILES string of the molecule is CCCOc1cc(C)ccc1NC1CCc2ccccc21. The predicted octanol–water partition coefficient (Wildman–Crippen LogP) is 4.88. The van der Waals surface area contributed by atoms with Gasteiger partial charge in [-0.25, -0.2) is 0 Å². The van der Waals surface area contributed by atoms with Gasteiger partial charge >= 0.3 is 0 Å². The number of nitrogens with one attached hydrogen (secondary N) is 1. The molecule has 0 spiro atoms. The summed E-state index contributed by atoms with van der Waals surface area (Å²) in [6, 6.07) is 15.5. The summed E-state index contributed by atoms with van der Waals surface area (Å²) in [5, 5.41) is 3.68. The number of rotatable bonds is 5. The maximum atomic E-state index is 5.90. The molecule has 2 aromatic carbocycles. The molecular weight excluding hydrogens is 258 g/mol. The van der Waals surface area contributed by atoms with Crippen molar-refractivity contribution in [2.24, 2.45) is 0 Å². The number of aryl methyl sites for hydroxylation is 2. The Kier molecular flexibility index (Phi) is 4.14. The van der Waals surface area contributed by atoms with E-state index < -0.39 is 0 Å². The van der Waals surface area contributed by atoms with E-state index in [0.717, 1.165) is 37.3 Å². The fraction of sp³-hybridized carbons (Fsp3) is 0.368. The summed E-state index contributed by atoms with van der Waals surface area (Å²) in [6.07, 6.45) is 3.34. The molecule has 2 nitrogen and oxygen atoms in total. The minimum absolute atomic E-state index is 0.396. The Bertz CT molecular complexity index is 621. The van der Waals surface area contributed by atoms with Gasteiger partial charge in [-0.05, 0) is 55.0 Å². The molecule has 1 aliphatic rings. The van der Waals surface area contributed by atoms with Crippen LogP contribution >= 0.6 is 0 Å². The molecule has 0 fully saturated rings. The second-order valence-electron chi connectivity index (χ2n) is 5.78. The molecule has 0 aromatic heterocycles.